The summed E-state index contributed by atoms with van der Waals surface area (Å²) in [5.41, 5.74) is -9.64. The number of ether oxygens (including phenoxy) is 2. The molecule has 0 heterocycles. The van der Waals surface area contributed by atoms with Crippen LogP contribution in [0.1, 0.15) is 13.8 Å². The minimum Gasteiger partial charge on any atom is -0.493 e. The highest BCUT2D eigenvalue weighted by Crippen LogP contribution is 2.43. The van der Waals surface area contributed by atoms with Gasteiger partial charge in [0.15, 0.2) is 84.5 Å². The summed E-state index contributed by atoms with van der Waals surface area (Å²) in [5.74, 6) is -69.6. The maximum atomic E-state index is 15.4. The summed E-state index contributed by atoms with van der Waals surface area (Å²) in [6.45, 7) is 5.29. The molecule has 1 unspecified atom stereocenters. The minimum absolute atomic E-state index is 0.355. The smallest absolute Gasteiger partial charge is 0.200 e. The summed E-state index contributed by atoms with van der Waals surface area (Å²) >= 11 is 1.74. The zero-order valence-corrected chi connectivity index (χ0v) is 46.8. The van der Waals surface area contributed by atoms with Gasteiger partial charge in [-0.05, 0) is 79.1 Å². The van der Waals surface area contributed by atoms with Gasteiger partial charge in [-0.2, -0.15) is 0 Å². The molecule has 0 spiro atoms. The van der Waals surface area contributed by atoms with E-state index in [1.165, 1.54) is 30.7 Å². The highest BCUT2D eigenvalue weighted by atomic mass is 32.2. The molecule has 89 heavy (non-hydrogen) atoms. The molecule has 0 aliphatic rings. The van der Waals surface area contributed by atoms with Gasteiger partial charge in [0.2, 0.25) is 0 Å². The van der Waals surface area contributed by atoms with Crippen LogP contribution in [0.3, 0.4) is 0 Å². The maximum Gasteiger partial charge on any atom is 0.200 e. The van der Waals surface area contributed by atoms with Crippen molar-refractivity contribution in [1.29, 1.82) is 0 Å². The quantitative estimate of drug-likeness (QED) is 0.0335. The summed E-state index contributed by atoms with van der Waals surface area (Å²) in [5, 5.41) is 0. The molecule has 0 fully saturated rings. The van der Waals surface area contributed by atoms with Crippen molar-refractivity contribution in [1.82, 2.24) is 0 Å². The third-order valence-electron chi connectivity index (χ3n) is 13.9. The molecule has 2 nitrogen and oxygen atoms in total. The summed E-state index contributed by atoms with van der Waals surface area (Å²) in [4.78, 5) is 5.95. The third kappa shape index (κ3) is 11.6. The molecule has 10 rings (SSSR count). The number of benzene rings is 10. The highest BCUT2D eigenvalue weighted by Gasteiger charge is 2.52. The first kappa shape index (κ1) is 64.6. The van der Waals surface area contributed by atoms with Crippen LogP contribution >= 0.6 is 11.8 Å². The Morgan fingerprint density at radius 2 is 0.607 bits per heavy atom. The molecule has 25 heteroatoms. The van der Waals surface area contributed by atoms with Gasteiger partial charge >= 0.3 is 0 Å². The van der Waals surface area contributed by atoms with Gasteiger partial charge in [0.1, 0.15) is 64.2 Å². The molecule has 0 N–H and O–H groups in total. The first-order valence-electron chi connectivity index (χ1n) is 25.9. The first-order valence-corrected chi connectivity index (χ1v) is 27.9. The predicted molar refractivity (Wildman–Crippen MR) is 294 cm³/mol. The lowest BCUT2D eigenvalue weighted by Crippen LogP contribution is -2.81. The molecule has 10 aromatic rings. The number of hydrogen-bond donors (Lipinski definition) is 0. The van der Waals surface area contributed by atoms with E-state index < -0.39 is 144 Å². The van der Waals surface area contributed by atoms with Gasteiger partial charge in [-0.15, -0.1) is 21.9 Å². The maximum absolute atomic E-state index is 15.4. The minimum atomic E-state index is -7.22. The Morgan fingerprint density at radius 1 is 0.303 bits per heavy atom. The van der Waals surface area contributed by atoms with E-state index in [2.05, 4.69) is 140 Å². The molecule has 10 aromatic carbocycles. The van der Waals surface area contributed by atoms with E-state index in [1.54, 1.807) is 11.8 Å². The molecule has 0 aromatic heterocycles. The highest BCUT2D eigenvalue weighted by molar-refractivity contribution is 7.99. The fourth-order valence-corrected chi connectivity index (χ4v) is 13.0. The summed E-state index contributed by atoms with van der Waals surface area (Å²) in [6, 6.07) is 53.8. The summed E-state index contributed by atoms with van der Waals surface area (Å²) in [7, 11) is -0.355. The van der Waals surface area contributed by atoms with E-state index in [-0.39, 0.29) is 10.9 Å². The lowest BCUT2D eigenvalue weighted by atomic mass is 9.12. The Bertz CT molecular complexity index is 3940. The molecular weight excluding hydrogens is 1260 g/mol. The van der Waals surface area contributed by atoms with E-state index in [0.29, 0.717) is 13.2 Å². The molecule has 0 saturated heterocycles. The van der Waals surface area contributed by atoms with Crippen LogP contribution in [0.4, 0.5) is 87.8 Å². The molecule has 458 valence electrons. The Hall–Kier alpha value is -8.84. The summed E-state index contributed by atoms with van der Waals surface area (Å²) < 4.78 is 306. The van der Waals surface area contributed by atoms with Crippen molar-refractivity contribution in [3.05, 3.63) is 268 Å². The molecule has 0 aliphatic carbocycles. The summed E-state index contributed by atoms with van der Waals surface area (Å²) in [6.07, 6.45) is -7.22. The van der Waals surface area contributed by atoms with Crippen molar-refractivity contribution in [2.75, 3.05) is 13.2 Å². The molecule has 1 atom stereocenters. The lowest BCUT2D eigenvalue weighted by molar-refractivity contribution is 0.331. The van der Waals surface area contributed by atoms with E-state index in [9.17, 15) is 52.7 Å². The SMILES string of the molecule is CCOc1cc([S+](c2ccccc2)c2ccc(-c3ccccc3)c(OCC)c2)ccc1Sc1ccc(-c2ccccc2)cc1.Fc1c(F)c(F)c([B-](c2c(F)c(F)c(F)c(F)c2F)(c2c(F)c(F)c(F)c(F)c2F)c2c(F)c(F)c(F)c(F)c2F)c(F)c1F. The van der Waals surface area contributed by atoms with Gasteiger partial charge < -0.3 is 9.47 Å². The lowest BCUT2D eigenvalue weighted by Gasteiger charge is -2.44. The van der Waals surface area contributed by atoms with Crippen LogP contribution in [0.5, 0.6) is 11.5 Å². The topological polar surface area (TPSA) is 18.5 Å². The van der Waals surface area contributed by atoms with Gasteiger partial charge in [-0.3, -0.25) is 0 Å². The fourth-order valence-electron chi connectivity index (χ4n) is 10.0. The molecular formula is C64H35BF20O2S2. The molecule has 0 bridgehead atoms. The molecule has 0 saturated carbocycles. The fraction of sp³-hybridized carbons (Fsp3) is 0.0625. The predicted octanol–water partition coefficient (Wildman–Crippen LogP) is 16.9. The third-order valence-corrected chi connectivity index (χ3v) is 17.2. The number of hydrogen-bond acceptors (Lipinski definition) is 3. The van der Waals surface area contributed by atoms with E-state index >= 15 is 35.1 Å². The molecule has 0 amide bonds. The van der Waals surface area contributed by atoms with Crippen molar-refractivity contribution >= 4 is 50.7 Å². The van der Waals surface area contributed by atoms with Crippen LogP contribution < -0.4 is 31.3 Å². The average molecular weight is 1290 g/mol. The van der Waals surface area contributed by atoms with Crippen molar-refractivity contribution < 1.29 is 97.3 Å². The number of rotatable bonds is 15. The standard InChI is InChI=1S/C40H35O2S2.C24BF20/c1-3-41-38-28-35(24-26-37(38)32-16-10-6-11-17-32)44(34-18-12-7-13-19-34)36-25-27-40(39(29-36)42-4-2)43-33-22-20-31(21-23-33)30-14-8-5-9-15-30;26-5-1(6(27)14(35)21(42)13(5)34)25(2-7(28)15(36)22(43)16(37)8(2)29,3-9(30)17(38)23(44)18(39)10(3)31)4-11(32)19(40)24(45)20(41)12(4)33/h5-29H,3-4H2,1-2H3;/q+1;-1. The van der Waals surface area contributed by atoms with Gasteiger partial charge in [0, 0.05) is 22.6 Å². The Morgan fingerprint density at radius 3 is 0.978 bits per heavy atom. The van der Waals surface area contributed by atoms with Crippen molar-refractivity contribution in [3.63, 3.8) is 0 Å². The first-order chi connectivity index (χ1) is 42.4. The Kier molecular flexibility index (Phi) is 19.2. The monoisotopic (exact) mass is 1290 g/mol. The largest absolute Gasteiger partial charge is 0.493 e. The normalized spacial score (nSPS) is 11.8. The Labute approximate surface area is 499 Å². The zero-order chi connectivity index (χ0) is 64.5. The van der Waals surface area contributed by atoms with E-state index in [4.69, 9.17) is 9.47 Å². The van der Waals surface area contributed by atoms with Crippen LogP contribution in [0, 0.1) is 116 Å². The second kappa shape index (κ2) is 26.5. The van der Waals surface area contributed by atoms with Gasteiger partial charge in [0.25, 0.3) is 0 Å². The average Bonchev–Trinajstić information content (AvgIpc) is 0.684. The van der Waals surface area contributed by atoms with Crippen LogP contribution in [0.25, 0.3) is 22.3 Å². The molecule has 0 aliphatic heterocycles. The second-order valence-electron chi connectivity index (χ2n) is 18.9. The Balaban J connectivity index is 0.000000211. The van der Waals surface area contributed by atoms with Crippen LogP contribution in [0.2, 0.25) is 0 Å². The van der Waals surface area contributed by atoms with Gasteiger partial charge in [-0.25, -0.2) is 87.8 Å². The van der Waals surface area contributed by atoms with Crippen LogP contribution in [0.15, 0.2) is 176 Å². The van der Waals surface area contributed by atoms with E-state index in [0.717, 1.165) is 27.5 Å². The van der Waals surface area contributed by atoms with Crippen molar-refractivity contribution in [3.8, 4) is 33.8 Å². The van der Waals surface area contributed by atoms with Gasteiger partial charge in [-0.1, -0.05) is 103 Å². The van der Waals surface area contributed by atoms with Crippen molar-refractivity contribution in [2.45, 2.75) is 38.3 Å². The zero-order valence-electron chi connectivity index (χ0n) is 45.1. The van der Waals surface area contributed by atoms with Crippen molar-refractivity contribution in [2.24, 2.45) is 0 Å². The van der Waals surface area contributed by atoms with Crippen LogP contribution in [-0.2, 0) is 10.9 Å². The second-order valence-corrected chi connectivity index (χ2v) is 22.1. The van der Waals surface area contributed by atoms with Gasteiger partial charge in [0.05, 0.1) is 29.0 Å². The number of halogens is 20. The van der Waals surface area contributed by atoms with E-state index in [1.807, 2.05) is 26.0 Å². The molecule has 0 radical (unpaired) electrons. The van der Waals surface area contributed by atoms with Crippen LogP contribution in [-0.4, -0.2) is 19.4 Å².